The van der Waals surface area contributed by atoms with E-state index in [9.17, 15) is 4.79 Å². The van der Waals surface area contributed by atoms with Gasteiger partial charge >= 0.3 is 5.97 Å². The number of carbonyl (C=O) groups excluding carboxylic acids is 1. The summed E-state index contributed by atoms with van der Waals surface area (Å²) in [6.45, 7) is 2.52. The minimum Gasteiger partial charge on any atom is -0.463 e. The van der Waals surface area contributed by atoms with Crippen LogP contribution in [0.15, 0.2) is 54.6 Å². The summed E-state index contributed by atoms with van der Waals surface area (Å²) in [6.07, 6.45) is 4.81. The zero-order valence-corrected chi connectivity index (χ0v) is 12.1. The monoisotopic (exact) mass is 278 g/mol. The van der Waals surface area contributed by atoms with Crippen LogP contribution >= 0.6 is 0 Å². The molecule has 0 unspecified atom stereocenters. The molecule has 0 N–H and O–H groups in total. The van der Waals surface area contributed by atoms with Crippen LogP contribution in [0.2, 0.25) is 0 Å². The van der Waals surface area contributed by atoms with Crippen molar-refractivity contribution in [2.45, 2.75) is 19.8 Å². The Bertz CT molecular complexity index is 697. The molecule has 2 heteroatoms. The fourth-order valence-electron chi connectivity index (χ4n) is 1.93. The predicted octanol–water partition coefficient (Wildman–Crippen LogP) is 4.09. The van der Waals surface area contributed by atoms with Crippen LogP contribution in [0.1, 0.15) is 25.3 Å². The third-order valence-electron chi connectivity index (χ3n) is 3.04. The Labute approximate surface area is 125 Å². The Morgan fingerprint density at radius 1 is 1.19 bits per heavy atom. The van der Waals surface area contributed by atoms with E-state index in [2.05, 4.69) is 30.9 Å². The first-order valence-electron chi connectivity index (χ1n) is 7.14. The van der Waals surface area contributed by atoms with Crippen molar-refractivity contribution in [1.82, 2.24) is 0 Å². The number of hydrogen-bond donors (Lipinski definition) is 0. The minimum absolute atomic E-state index is 0.337. The molecule has 0 aliphatic heterocycles. The highest BCUT2D eigenvalue weighted by Gasteiger charge is 1.96. The Hall–Kier alpha value is -2.53. The van der Waals surface area contributed by atoms with Crippen LogP contribution in [0.3, 0.4) is 0 Å². The van der Waals surface area contributed by atoms with Crippen molar-refractivity contribution in [2.24, 2.45) is 0 Å². The molecule has 2 rings (SSSR count). The molecule has 0 aliphatic rings. The lowest BCUT2D eigenvalue weighted by Gasteiger charge is -1.99. The molecule has 0 aromatic heterocycles. The fourth-order valence-corrected chi connectivity index (χ4v) is 1.93. The summed E-state index contributed by atoms with van der Waals surface area (Å²) in [5.74, 6) is 5.61. The highest BCUT2D eigenvalue weighted by Crippen LogP contribution is 2.17. The maximum Gasteiger partial charge on any atom is 0.331 e. The van der Waals surface area contributed by atoms with Gasteiger partial charge in [-0.1, -0.05) is 61.6 Å². The Kier molecular flexibility index (Phi) is 5.60. The Morgan fingerprint density at radius 2 is 2.00 bits per heavy atom. The van der Waals surface area contributed by atoms with Crippen molar-refractivity contribution in [3.63, 3.8) is 0 Å². The van der Waals surface area contributed by atoms with E-state index in [0.29, 0.717) is 6.61 Å². The molecule has 0 saturated carbocycles. The lowest BCUT2D eigenvalue weighted by molar-refractivity contribution is -0.137. The van der Waals surface area contributed by atoms with Crippen LogP contribution in [0.4, 0.5) is 0 Å². The summed E-state index contributed by atoms with van der Waals surface area (Å²) >= 11 is 0. The number of fused-ring (bicyclic) bond motifs is 1. The summed E-state index contributed by atoms with van der Waals surface area (Å²) in [7, 11) is 0. The van der Waals surface area contributed by atoms with Crippen LogP contribution in [-0.4, -0.2) is 12.6 Å². The Morgan fingerprint density at radius 3 is 2.86 bits per heavy atom. The van der Waals surface area contributed by atoms with E-state index in [1.165, 1.54) is 12.2 Å². The highest BCUT2D eigenvalue weighted by atomic mass is 16.5. The van der Waals surface area contributed by atoms with Crippen LogP contribution < -0.4 is 0 Å². The standard InChI is InChI=1S/C19H18O2/c1-2-3-15-21-19(20)14-7-5-10-17-12-8-11-16-9-4-6-13-18(16)17/h4,6-9,11-14H,2-3,15H2,1H3/b14-7+. The van der Waals surface area contributed by atoms with Crippen molar-refractivity contribution in [3.8, 4) is 11.8 Å². The van der Waals surface area contributed by atoms with Crippen LogP contribution in [0.25, 0.3) is 10.8 Å². The first-order valence-corrected chi connectivity index (χ1v) is 7.14. The van der Waals surface area contributed by atoms with Gasteiger partial charge in [0.15, 0.2) is 0 Å². The largest absolute Gasteiger partial charge is 0.463 e. The molecule has 0 heterocycles. The molecular weight excluding hydrogens is 260 g/mol. The Balaban J connectivity index is 2.03. The summed E-state index contributed by atoms with van der Waals surface area (Å²) in [4.78, 5) is 11.4. The first kappa shape index (κ1) is 14.9. The summed E-state index contributed by atoms with van der Waals surface area (Å²) < 4.78 is 5.01. The van der Waals surface area contributed by atoms with Crippen LogP contribution in [-0.2, 0) is 9.53 Å². The number of esters is 1. The molecule has 2 nitrogen and oxygen atoms in total. The van der Waals surface area contributed by atoms with Crippen molar-refractivity contribution in [2.75, 3.05) is 6.61 Å². The molecule has 0 saturated heterocycles. The molecule has 21 heavy (non-hydrogen) atoms. The zero-order valence-electron chi connectivity index (χ0n) is 12.1. The number of unbranched alkanes of at least 4 members (excludes halogenated alkanes) is 1. The molecule has 2 aromatic rings. The van der Waals surface area contributed by atoms with Crippen LogP contribution in [0, 0.1) is 11.8 Å². The predicted molar refractivity (Wildman–Crippen MR) is 85.8 cm³/mol. The molecule has 0 radical (unpaired) electrons. The third-order valence-corrected chi connectivity index (χ3v) is 3.04. The molecule has 2 aromatic carbocycles. The molecule has 0 atom stereocenters. The molecular formula is C19H18O2. The molecule has 0 amide bonds. The number of benzene rings is 2. The lowest BCUT2D eigenvalue weighted by atomic mass is 10.1. The van der Waals surface area contributed by atoms with E-state index < -0.39 is 0 Å². The van der Waals surface area contributed by atoms with E-state index in [-0.39, 0.29) is 5.97 Å². The van der Waals surface area contributed by atoms with Gasteiger partial charge in [0.05, 0.1) is 6.61 Å². The van der Waals surface area contributed by atoms with Crippen LogP contribution in [0.5, 0.6) is 0 Å². The second-order valence-electron chi connectivity index (χ2n) is 4.65. The summed E-state index contributed by atoms with van der Waals surface area (Å²) in [6, 6.07) is 14.1. The average molecular weight is 278 g/mol. The second-order valence-corrected chi connectivity index (χ2v) is 4.65. The maximum absolute atomic E-state index is 11.4. The highest BCUT2D eigenvalue weighted by molar-refractivity contribution is 5.88. The van der Waals surface area contributed by atoms with Gasteiger partial charge in [0.1, 0.15) is 0 Å². The molecule has 106 valence electrons. The smallest absolute Gasteiger partial charge is 0.331 e. The third kappa shape index (κ3) is 4.50. The SMILES string of the molecule is CCCCOC(=O)/C=C/C#Cc1cccc2ccccc12. The van der Waals surface area contributed by atoms with E-state index in [0.717, 1.165) is 29.2 Å². The molecule has 0 aliphatic carbocycles. The van der Waals surface area contributed by atoms with Gasteiger partial charge in [0.25, 0.3) is 0 Å². The van der Waals surface area contributed by atoms with E-state index in [1.807, 2.05) is 30.3 Å². The van der Waals surface area contributed by atoms with Crippen molar-refractivity contribution >= 4 is 16.7 Å². The lowest BCUT2D eigenvalue weighted by Crippen LogP contribution is -2.01. The zero-order chi connectivity index (χ0) is 14.9. The average Bonchev–Trinajstić information content (AvgIpc) is 2.52. The quantitative estimate of drug-likeness (QED) is 0.364. The minimum atomic E-state index is -0.337. The molecule has 0 fully saturated rings. The van der Waals surface area contributed by atoms with E-state index >= 15 is 0 Å². The number of hydrogen-bond acceptors (Lipinski definition) is 2. The summed E-state index contributed by atoms with van der Waals surface area (Å²) in [5, 5.41) is 2.28. The summed E-state index contributed by atoms with van der Waals surface area (Å²) in [5.41, 5.74) is 0.956. The first-order chi connectivity index (χ1) is 10.3. The topological polar surface area (TPSA) is 26.3 Å². The number of allylic oxidation sites excluding steroid dienone is 1. The van der Waals surface area contributed by atoms with Crippen molar-refractivity contribution < 1.29 is 9.53 Å². The van der Waals surface area contributed by atoms with E-state index in [4.69, 9.17) is 4.74 Å². The van der Waals surface area contributed by atoms with E-state index in [1.54, 1.807) is 0 Å². The van der Waals surface area contributed by atoms with Gasteiger partial charge in [-0.15, -0.1) is 0 Å². The van der Waals surface area contributed by atoms with Gasteiger partial charge < -0.3 is 4.74 Å². The van der Waals surface area contributed by atoms with Crippen molar-refractivity contribution in [1.29, 1.82) is 0 Å². The number of carbonyl (C=O) groups is 1. The van der Waals surface area contributed by atoms with Gasteiger partial charge in [0, 0.05) is 11.6 Å². The van der Waals surface area contributed by atoms with Gasteiger partial charge in [-0.25, -0.2) is 4.79 Å². The van der Waals surface area contributed by atoms with Gasteiger partial charge in [-0.3, -0.25) is 0 Å². The van der Waals surface area contributed by atoms with Gasteiger partial charge in [-0.2, -0.15) is 0 Å². The fraction of sp³-hybridized carbons (Fsp3) is 0.211. The normalized spacial score (nSPS) is 10.3. The molecule has 0 spiro atoms. The second kappa shape index (κ2) is 7.91. The number of ether oxygens (including phenoxy) is 1. The van der Waals surface area contributed by atoms with Gasteiger partial charge in [0.2, 0.25) is 0 Å². The van der Waals surface area contributed by atoms with Crippen molar-refractivity contribution in [3.05, 3.63) is 60.2 Å². The van der Waals surface area contributed by atoms with Gasteiger partial charge in [-0.05, 0) is 29.3 Å². The molecule has 0 bridgehead atoms. The maximum atomic E-state index is 11.4. The number of rotatable bonds is 4.